The van der Waals surface area contributed by atoms with Crippen molar-refractivity contribution in [3.05, 3.63) is 52.6 Å². The largest absolute Gasteiger partial charge is 0.382 e. The van der Waals surface area contributed by atoms with Gasteiger partial charge in [0.2, 0.25) is 0 Å². The van der Waals surface area contributed by atoms with E-state index < -0.39 is 11.0 Å². The molecule has 0 bridgehead atoms. The lowest BCUT2D eigenvalue weighted by Crippen LogP contribution is -2.55. The Morgan fingerprint density at radius 3 is 2.47 bits per heavy atom. The molecule has 0 spiro atoms. The maximum absolute atomic E-state index is 12.7. The van der Waals surface area contributed by atoms with Gasteiger partial charge in [0.25, 0.3) is 0 Å². The van der Waals surface area contributed by atoms with Gasteiger partial charge < -0.3 is 10.0 Å². The Kier molecular flexibility index (Phi) is 5.01. The third-order valence-corrected chi connectivity index (χ3v) is 9.28. The lowest BCUT2D eigenvalue weighted by molar-refractivity contribution is -0.152. The minimum Gasteiger partial charge on any atom is -0.382 e. The summed E-state index contributed by atoms with van der Waals surface area (Å²) in [4.78, 5) is 27.0. The fraction of sp³-hybridized carbons (Fsp3) is 0.571. The summed E-state index contributed by atoms with van der Waals surface area (Å²) in [5.41, 5.74) is 4.91. The number of Topliss-reactive ketones (excluding diaryl/α,β-unsaturated/α-hetero) is 1. The zero-order chi connectivity index (χ0) is 22.8. The number of aliphatic hydroxyl groups is 1. The predicted octanol–water partition coefficient (Wildman–Crippen LogP) is 4.97. The van der Waals surface area contributed by atoms with Crippen LogP contribution < -0.4 is 4.90 Å². The van der Waals surface area contributed by atoms with Gasteiger partial charge in [-0.2, -0.15) is 0 Å². The first-order valence-corrected chi connectivity index (χ1v) is 12.1. The van der Waals surface area contributed by atoms with Crippen molar-refractivity contribution in [1.29, 1.82) is 0 Å². The maximum atomic E-state index is 12.7. The summed E-state index contributed by atoms with van der Waals surface area (Å²) in [7, 11) is 4.09. The number of nitrogens with zero attached hydrogens (tertiary/aromatic N) is 1. The third kappa shape index (κ3) is 2.98. The molecule has 5 rings (SSSR count). The van der Waals surface area contributed by atoms with Gasteiger partial charge in [0.15, 0.2) is 11.6 Å². The Hall–Kier alpha value is -2.20. The number of hydrogen-bond acceptors (Lipinski definition) is 4. The van der Waals surface area contributed by atoms with Crippen LogP contribution in [0.25, 0.3) is 0 Å². The highest BCUT2D eigenvalue weighted by atomic mass is 16.3. The molecule has 32 heavy (non-hydrogen) atoms. The molecule has 5 atom stereocenters. The third-order valence-electron chi connectivity index (χ3n) is 9.28. The lowest BCUT2D eigenvalue weighted by Gasteiger charge is -2.54. The molecule has 0 heterocycles. The molecule has 4 nitrogen and oxygen atoms in total. The quantitative estimate of drug-likeness (QED) is 0.731. The molecule has 4 heteroatoms. The van der Waals surface area contributed by atoms with Gasteiger partial charge >= 0.3 is 0 Å². The molecular formula is C28H35NO3. The predicted molar refractivity (Wildman–Crippen MR) is 127 cm³/mol. The first-order chi connectivity index (χ1) is 15.2. The van der Waals surface area contributed by atoms with E-state index >= 15 is 0 Å². The van der Waals surface area contributed by atoms with Crippen LogP contribution >= 0.6 is 0 Å². The smallest absolute Gasteiger partial charge is 0.161 e. The lowest BCUT2D eigenvalue weighted by atomic mass is 9.51. The van der Waals surface area contributed by atoms with Crippen LogP contribution in [-0.2, 0) is 9.59 Å². The second-order valence-electron chi connectivity index (χ2n) is 10.9. The average molecular weight is 434 g/mol. The van der Waals surface area contributed by atoms with Crippen LogP contribution in [0.15, 0.2) is 47.1 Å². The molecule has 0 saturated heterocycles. The van der Waals surface area contributed by atoms with Crippen LogP contribution in [0.1, 0.15) is 70.3 Å². The van der Waals surface area contributed by atoms with E-state index in [0.29, 0.717) is 24.7 Å². The average Bonchev–Trinajstić information content (AvgIpc) is 3.04. The van der Waals surface area contributed by atoms with E-state index in [0.717, 1.165) is 37.8 Å². The summed E-state index contributed by atoms with van der Waals surface area (Å²) < 4.78 is 0. The van der Waals surface area contributed by atoms with Crippen molar-refractivity contribution in [2.45, 2.75) is 70.3 Å². The molecule has 2 fully saturated rings. The summed E-state index contributed by atoms with van der Waals surface area (Å²) >= 11 is 0. The first-order valence-electron chi connectivity index (χ1n) is 12.1. The SMILES string of the molecule is CC(=O)[C@@]1(O)CC[C@H]2[C@@H]3CCC4=CC(=O)CCC4=C3[C@H](c3ccc(N(C)C)cc3)C[C@@]21C. The zero-order valence-corrected chi connectivity index (χ0v) is 19.8. The van der Waals surface area contributed by atoms with Gasteiger partial charge in [-0.15, -0.1) is 0 Å². The van der Waals surface area contributed by atoms with Gasteiger partial charge in [0.1, 0.15) is 5.60 Å². The van der Waals surface area contributed by atoms with Crippen LogP contribution in [0, 0.1) is 17.3 Å². The molecule has 4 aliphatic rings. The van der Waals surface area contributed by atoms with E-state index in [4.69, 9.17) is 0 Å². The van der Waals surface area contributed by atoms with Gasteiger partial charge in [-0.05, 0) is 92.2 Å². The number of rotatable bonds is 3. The van der Waals surface area contributed by atoms with E-state index in [1.807, 2.05) is 20.2 Å². The highest BCUT2D eigenvalue weighted by Crippen LogP contribution is 2.66. The van der Waals surface area contributed by atoms with Crippen molar-refractivity contribution in [1.82, 2.24) is 0 Å². The molecule has 2 saturated carbocycles. The molecule has 170 valence electrons. The van der Waals surface area contributed by atoms with E-state index in [1.54, 1.807) is 6.92 Å². The van der Waals surface area contributed by atoms with Crippen LogP contribution in [0.5, 0.6) is 0 Å². The number of fused-ring (bicyclic) bond motifs is 4. The Balaban J connectivity index is 1.67. The molecule has 1 aromatic rings. The van der Waals surface area contributed by atoms with Crippen LogP contribution in [-0.4, -0.2) is 36.4 Å². The van der Waals surface area contributed by atoms with E-state index in [9.17, 15) is 14.7 Å². The van der Waals surface area contributed by atoms with Crippen molar-refractivity contribution < 1.29 is 14.7 Å². The summed E-state index contributed by atoms with van der Waals surface area (Å²) in [6, 6.07) is 8.78. The monoisotopic (exact) mass is 433 g/mol. The van der Waals surface area contributed by atoms with Crippen molar-refractivity contribution >= 4 is 17.3 Å². The Morgan fingerprint density at radius 2 is 1.81 bits per heavy atom. The maximum Gasteiger partial charge on any atom is 0.161 e. The van der Waals surface area contributed by atoms with Crippen LogP contribution in [0.3, 0.4) is 0 Å². The van der Waals surface area contributed by atoms with Gasteiger partial charge in [-0.1, -0.05) is 24.6 Å². The molecule has 0 aromatic heterocycles. The number of ketones is 2. The fourth-order valence-electron chi connectivity index (χ4n) is 7.55. The van der Waals surface area contributed by atoms with E-state index in [-0.39, 0.29) is 17.5 Å². The standard InChI is InChI=1S/C28H35NO3/c1-17(30)28(32)14-13-25-23-11-7-19-15-21(31)10-12-22(19)26(23)24(16-27(25,28)2)18-5-8-20(9-6-18)29(3)4/h5-6,8-9,15,23-25,32H,7,10-14,16H2,1-4H3/t23-,24-,25-,27-,28-/m0/s1. The molecule has 0 aliphatic heterocycles. The summed E-state index contributed by atoms with van der Waals surface area (Å²) in [6.07, 6.45) is 7.53. The molecule has 4 aliphatic carbocycles. The highest BCUT2D eigenvalue weighted by molar-refractivity contribution is 5.93. The van der Waals surface area contributed by atoms with Crippen LogP contribution in [0.2, 0.25) is 0 Å². The number of hydrogen-bond donors (Lipinski definition) is 1. The van der Waals surface area contributed by atoms with Crippen molar-refractivity contribution in [3.63, 3.8) is 0 Å². The Labute approximate surface area is 191 Å². The molecule has 1 N–H and O–H groups in total. The van der Waals surface area contributed by atoms with Crippen molar-refractivity contribution in [2.75, 3.05) is 19.0 Å². The number of benzene rings is 1. The molecule has 0 radical (unpaired) electrons. The summed E-state index contributed by atoms with van der Waals surface area (Å²) in [6.45, 7) is 3.74. The first kappa shape index (κ1) is 21.6. The van der Waals surface area contributed by atoms with Gasteiger partial charge in [0, 0.05) is 37.5 Å². The van der Waals surface area contributed by atoms with Crippen molar-refractivity contribution in [2.24, 2.45) is 17.3 Å². The number of carbonyl (C=O) groups is 2. The molecule has 1 aromatic carbocycles. The molecular weight excluding hydrogens is 398 g/mol. The molecule has 0 unspecified atom stereocenters. The minimum atomic E-state index is -1.24. The fourth-order valence-corrected chi connectivity index (χ4v) is 7.55. The van der Waals surface area contributed by atoms with Crippen molar-refractivity contribution in [3.8, 4) is 0 Å². The van der Waals surface area contributed by atoms with E-state index in [1.165, 1.54) is 22.3 Å². The number of allylic oxidation sites excluding steroid dienone is 4. The zero-order valence-electron chi connectivity index (χ0n) is 19.8. The Bertz CT molecular complexity index is 1030. The van der Waals surface area contributed by atoms with E-state index in [2.05, 4.69) is 36.1 Å². The minimum absolute atomic E-state index is 0.0834. The number of carbonyl (C=O) groups excluding carboxylic acids is 2. The van der Waals surface area contributed by atoms with Gasteiger partial charge in [-0.25, -0.2) is 0 Å². The second-order valence-corrected chi connectivity index (χ2v) is 10.9. The topological polar surface area (TPSA) is 57.6 Å². The van der Waals surface area contributed by atoms with Gasteiger partial charge in [0.05, 0.1) is 0 Å². The van der Waals surface area contributed by atoms with Crippen LogP contribution in [0.4, 0.5) is 5.69 Å². The second kappa shape index (κ2) is 7.41. The molecule has 0 amide bonds. The summed E-state index contributed by atoms with van der Waals surface area (Å²) in [5, 5.41) is 11.6. The normalized spacial score (nSPS) is 36.2. The van der Waals surface area contributed by atoms with Gasteiger partial charge in [-0.3, -0.25) is 9.59 Å². The summed E-state index contributed by atoms with van der Waals surface area (Å²) in [5.74, 6) is 1.03. The Morgan fingerprint density at radius 1 is 1.09 bits per heavy atom. The highest BCUT2D eigenvalue weighted by Gasteiger charge is 2.64. The number of anilines is 1.